The van der Waals surface area contributed by atoms with E-state index >= 15 is 0 Å². The van der Waals surface area contributed by atoms with E-state index in [0.717, 1.165) is 6.54 Å². The average molecular weight is 424 g/mol. The maximum atomic E-state index is 2.31. The number of hydrogen-bond acceptors (Lipinski definition) is 1. The fourth-order valence-corrected chi connectivity index (χ4v) is 3.98. The highest BCUT2D eigenvalue weighted by Gasteiger charge is 2.18. The molecule has 0 unspecified atom stereocenters. The molecule has 1 aliphatic heterocycles. The van der Waals surface area contributed by atoms with E-state index in [1.165, 1.54) is 33.6 Å². The maximum absolute atomic E-state index is 2.31. The van der Waals surface area contributed by atoms with E-state index in [-0.39, 0.29) is 10.8 Å². The summed E-state index contributed by atoms with van der Waals surface area (Å²) in [5.41, 5.74) is 7.96. The first-order valence-electron chi connectivity index (χ1n) is 11.5. The Balaban J connectivity index is 1.50. The molecule has 1 aliphatic rings. The van der Waals surface area contributed by atoms with Crippen LogP contribution in [0.1, 0.15) is 58.2 Å². The Morgan fingerprint density at radius 1 is 0.750 bits per heavy atom. The van der Waals surface area contributed by atoms with Crippen LogP contribution in [0.25, 0.3) is 11.3 Å². The fraction of sp³-hybridized carbons (Fsp3) is 0.300. The minimum absolute atomic E-state index is 0.145. The van der Waals surface area contributed by atoms with E-state index in [0.29, 0.717) is 0 Å². The Morgan fingerprint density at radius 3 is 1.97 bits per heavy atom. The summed E-state index contributed by atoms with van der Waals surface area (Å²) in [6, 6.07) is 22.1. The lowest BCUT2D eigenvalue weighted by Gasteiger charge is -2.26. The topological polar surface area (TPSA) is 7.12 Å². The van der Waals surface area contributed by atoms with Gasteiger partial charge in [-0.15, -0.1) is 0 Å². The van der Waals surface area contributed by atoms with Crippen LogP contribution in [0.5, 0.6) is 0 Å². The summed E-state index contributed by atoms with van der Waals surface area (Å²) in [5.74, 6) is 0. The van der Waals surface area contributed by atoms with Crippen molar-refractivity contribution in [2.75, 3.05) is 11.4 Å². The molecule has 0 fully saturated rings. The van der Waals surface area contributed by atoms with E-state index in [1.54, 1.807) is 0 Å². The van der Waals surface area contributed by atoms with Crippen molar-refractivity contribution in [1.82, 2.24) is 0 Å². The fourth-order valence-electron chi connectivity index (χ4n) is 3.98. The molecule has 2 aromatic carbocycles. The lowest BCUT2D eigenvalue weighted by atomic mass is 9.87. The first-order chi connectivity index (χ1) is 15.1. The van der Waals surface area contributed by atoms with Gasteiger partial charge >= 0.3 is 0 Å². The molecule has 2 nitrogen and oxygen atoms in total. The first-order valence-corrected chi connectivity index (χ1v) is 11.5. The zero-order chi connectivity index (χ0) is 22.9. The van der Waals surface area contributed by atoms with Crippen molar-refractivity contribution < 1.29 is 4.57 Å². The third-order valence-corrected chi connectivity index (χ3v) is 6.16. The number of anilines is 1. The van der Waals surface area contributed by atoms with Gasteiger partial charge in [0.1, 0.15) is 0 Å². The minimum atomic E-state index is 0.145. The normalized spacial score (nSPS) is 14.4. The second kappa shape index (κ2) is 8.43. The number of hydrogen-bond donors (Lipinski definition) is 0. The van der Waals surface area contributed by atoms with Gasteiger partial charge in [-0.2, -0.15) is 4.57 Å². The summed E-state index contributed by atoms with van der Waals surface area (Å²) in [4.78, 5) is 2.31. The monoisotopic (exact) mass is 423 g/mol. The minimum Gasteiger partial charge on any atom is -0.344 e. The highest BCUT2D eigenvalue weighted by molar-refractivity contribution is 5.76. The van der Waals surface area contributed by atoms with E-state index in [1.807, 2.05) is 0 Å². The van der Waals surface area contributed by atoms with Gasteiger partial charge in [0.15, 0.2) is 12.4 Å². The van der Waals surface area contributed by atoms with Gasteiger partial charge in [0, 0.05) is 42.7 Å². The molecule has 3 aromatic rings. The zero-order valence-electron chi connectivity index (χ0n) is 20.3. The molecule has 2 heteroatoms. The lowest BCUT2D eigenvalue weighted by Crippen LogP contribution is -2.30. The van der Waals surface area contributed by atoms with Crippen LogP contribution < -0.4 is 9.47 Å². The molecule has 164 valence electrons. The van der Waals surface area contributed by atoms with Crippen molar-refractivity contribution in [2.24, 2.45) is 0 Å². The van der Waals surface area contributed by atoms with Gasteiger partial charge in [-0.3, -0.25) is 0 Å². The predicted octanol–water partition coefficient (Wildman–Crippen LogP) is 6.98. The molecule has 0 saturated carbocycles. The summed E-state index contributed by atoms with van der Waals surface area (Å²) < 4.78 is 2.19. The van der Waals surface area contributed by atoms with Gasteiger partial charge < -0.3 is 4.90 Å². The molecule has 0 spiro atoms. The largest absolute Gasteiger partial charge is 0.344 e. The summed E-state index contributed by atoms with van der Waals surface area (Å²) in [7, 11) is 0. The molecule has 0 bridgehead atoms. The Hall–Kier alpha value is -3.13. The number of aromatic nitrogens is 1. The number of pyridine rings is 1. The standard InChI is InChI=1S/C30H35N2/c1-29(2,3)25-9-7-11-27(21-25)31-17-13-23(14-18-31)24-15-19-32(20-16-24)28-12-8-10-26(22-28)30(4,5)6/h7-19,21-22H,20H2,1-6H3/q+1. The van der Waals surface area contributed by atoms with Gasteiger partial charge in [-0.05, 0) is 51.3 Å². The van der Waals surface area contributed by atoms with Crippen LogP contribution in [-0.4, -0.2) is 6.54 Å². The van der Waals surface area contributed by atoms with Crippen molar-refractivity contribution in [3.05, 3.63) is 108 Å². The summed E-state index contributed by atoms with van der Waals surface area (Å²) in [6.07, 6.45) is 11.0. The van der Waals surface area contributed by atoms with Crippen molar-refractivity contribution in [2.45, 2.75) is 52.4 Å². The molecule has 4 rings (SSSR count). The second-order valence-electron chi connectivity index (χ2n) is 10.7. The highest BCUT2D eigenvalue weighted by Crippen LogP contribution is 2.29. The van der Waals surface area contributed by atoms with Gasteiger partial charge in [-0.25, -0.2) is 0 Å². The molecule has 0 aliphatic carbocycles. The van der Waals surface area contributed by atoms with Gasteiger partial charge in [0.05, 0.1) is 0 Å². The molecule has 32 heavy (non-hydrogen) atoms. The number of allylic oxidation sites excluding steroid dienone is 2. The van der Waals surface area contributed by atoms with E-state index in [9.17, 15) is 0 Å². The molecule has 0 N–H and O–H groups in total. The highest BCUT2D eigenvalue weighted by atomic mass is 15.1. The van der Waals surface area contributed by atoms with E-state index in [2.05, 4.69) is 142 Å². The summed E-state index contributed by atoms with van der Waals surface area (Å²) in [5, 5.41) is 0. The number of nitrogens with zero attached hydrogens (tertiary/aromatic N) is 2. The smallest absolute Gasteiger partial charge is 0.210 e. The Morgan fingerprint density at radius 2 is 1.38 bits per heavy atom. The second-order valence-corrected chi connectivity index (χ2v) is 10.7. The molecule has 0 radical (unpaired) electrons. The quantitative estimate of drug-likeness (QED) is 0.412. The van der Waals surface area contributed by atoms with Crippen molar-refractivity contribution in [1.29, 1.82) is 0 Å². The maximum Gasteiger partial charge on any atom is 0.210 e. The van der Waals surface area contributed by atoms with Crippen LogP contribution in [0.4, 0.5) is 5.69 Å². The third-order valence-electron chi connectivity index (χ3n) is 6.16. The van der Waals surface area contributed by atoms with E-state index in [4.69, 9.17) is 0 Å². The molecule has 0 saturated heterocycles. The first kappa shape index (κ1) is 22.1. The van der Waals surface area contributed by atoms with Crippen LogP contribution in [0.3, 0.4) is 0 Å². The number of rotatable bonds is 3. The van der Waals surface area contributed by atoms with Crippen LogP contribution >= 0.6 is 0 Å². The van der Waals surface area contributed by atoms with Crippen LogP contribution in [0, 0.1) is 0 Å². The molecule has 0 atom stereocenters. The predicted molar refractivity (Wildman–Crippen MR) is 136 cm³/mol. The van der Waals surface area contributed by atoms with Crippen molar-refractivity contribution in [3.8, 4) is 5.69 Å². The Labute approximate surface area is 193 Å². The number of benzene rings is 2. The van der Waals surface area contributed by atoms with Gasteiger partial charge in [0.25, 0.3) is 0 Å². The van der Waals surface area contributed by atoms with E-state index < -0.39 is 0 Å². The SMILES string of the molecule is CC(C)(C)c1cccc(N2C=CC(c3cc[n+](-c4cccc(C(C)(C)C)c4)cc3)=CC2)c1. The Bertz CT molecular complexity index is 1150. The van der Waals surface area contributed by atoms with Crippen LogP contribution in [-0.2, 0) is 10.8 Å². The molecular weight excluding hydrogens is 388 g/mol. The van der Waals surface area contributed by atoms with Crippen LogP contribution in [0.15, 0.2) is 91.4 Å². The molecule has 1 aromatic heterocycles. The average Bonchev–Trinajstić information content (AvgIpc) is 2.78. The van der Waals surface area contributed by atoms with Gasteiger partial charge in [-0.1, -0.05) is 71.9 Å². The summed E-state index contributed by atoms with van der Waals surface area (Å²) >= 11 is 0. The van der Waals surface area contributed by atoms with Crippen molar-refractivity contribution in [3.63, 3.8) is 0 Å². The molecular formula is C30H35N2+. The third kappa shape index (κ3) is 4.85. The van der Waals surface area contributed by atoms with Crippen molar-refractivity contribution >= 4 is 11.3 Å². The lowest BCUT2D eigenvalue weighted by molar-refractivity contribution is -0.595. The molecule has 2 heterocycles. The zero-order valence-corrected chi connectivity index (χ0v) is 20.3. The van der Waals surface area contributed by atoms with Gasteiger partial charge in [0.2, 0.25) is 5.69 Å². The Kier molecular flexibility index (Phi) is 5.81. The molecule has 0 amide bonds. The van der Waals surface area contributed by atoms with Crippen LogP contribution in [0.2, 0.25) is 0 Å². The summed E-state index contributed by atoms with van der Waals surface area (Å²) in [6.45, 7) is 14.4.